The minimum atomic E-state index is 0.609. The first kappa shape index (κ1) is 24.5. The van der Waals surface area contributed by atoms with Gasteiger partial charge in [-0.05, 0) is 53.6 Å². The molecule has 5 nitrogen and oxygen atoms in total. The van der Waals surface area contributed by atoms with Crippen LogP contribution in [0.3, 0.4) is 0 Å². The van der Waals surface area contributed by atoms with Crippen molar-refractivity contribution in [2.45, 2.75) is 0 Å². The van der Waals surface area contributed by atoms with Gasteiger partial charge < -0.3 is 8.83 Å². The second kappa shape index (κ2) is 9.75. The Balaban J connectivity index is 1.25. The topological polar surface area (TPSA) is 65.0 Å². The summed E-state index contributed by atoms with van der Waals surface area (Å²) in [6.45, 7) is 0. The molecule has 5 heteroatoms. The lowest BCUT2D eigenvalue weighted by molar-refractivity contribution is 0.669. The van der Waals surface area contributed by atoms with E-state index in [1.165, 1.54) is 0 Å². The molecule has 0 aliphatic carbocycles. The Morgan fingerprint density at radius 3 is 1.59 bits per heavy atom. The fraction of sp³-hybridized carbons (Fsp3) is 0. The Morgan fingerprint density at radius 2 is 0.864 bits per heavy atom. The van der Waals surface area contributed by atoms with Gasteiger partial charge in [-0.15, -0.1) is 0 Å². The highest BCUT2D eigenvalue weighted by Crippen LogP contribution is 2.40. The Bertz CT molecular complexity index is 2440. The molecule has 0 saturated heterocycles. The number of nitrogens with zero attached hydrogens (tertiary/aromatic N) is 3. The summed E-state index contributed by atoms with van der Waals surface area (Å²) in [7, 11) is 0. The van der Waals surface area contributed by atoms with Gasteiger partial charge in [0.1, 0.15) is 22.3 Å². The summed E-state index contributed by atoms with van der Waals surface area (Å²) in [4.78, 5) is 14.7. The third kappa shape index (κ3) is 3.98. The first-order valence-corrected chi connectivity index (χ1v) is 14.5. The molecule has 0 unspecified atom stereocenters. The maximum absolute atomic E-state index is 6.36. The van der Waals surface area contributed by atoms with Gasteiger partial charge in [-0.3, -0.25) is 0 Å². The molecular formula is C39H23N3O2. The molecule has 206 valence electrons. The third-order valence-electron chi connectivity index (χ3n) is 8.14. The highest BCUT2D eigenvalue weighted by atomic mass is 16.3. The number of para-hydroxylation sites is 1. The smallest absolute Gasteiger partial charge is 0.164 e. The molecule has 0 atom stereocenters. The summed E-state index contributed by atoms with van der Waals surface area (Å²) in [6.07, 6.45) is 0. The molecule has 0 saturated carbocycles. The van der Waals surface area contributed by atoms with Gasteiger partial charge in [-0.2, -0.15) is 0 Å². The van der Waals surface area contributed by atoms with Gasteiger partial charge in [0.2, 0.25) is 0 Å². The van der Waals surface area contributed by atoms with Gasteiger partial charge in [0.15, 0.2) is 17.5 Å². The number of rotatable bonds is 4. The highest BCUT2D eigenvalue weighted by Gasteiger charge is 2.17. The molecule has 0 fully saturated rings. The van der Waals surface area contributed by atoms with Crippen LogP contribution in [0.25, 0.3) is 89.2 Å². The summed E-state index contributed by atoms with van der Waals surface area (Å²) < 4.78 is 12.5. The maximum atomic E-state index is 6.36. The predicted octanol–water partition coefficient (Wildman–Crippen LogP) is 10.3. The standard InChI is InChI=1S/C39H23N3O2/c1-3-10-24(11-4-1)37-40-38(25-12-5-2-6-13-25)42-39(41-37)27-19-21-34-31(23-27)36-28(15-9-17-35(36)44-34)26-18-20-33-30(22-26)29-14-7-8-16-32(29)43-33/h1-23H. The van der Waals surface area contributed by atoms with Crippen molar-refractivity contribution >= 4 is 43.9 Å². The van der Waals surface area contributed by atoms with Gasteiger partial charge in [0.05, 0.1) is 0 Å². The molecular weight excluding hydrogens is 542 g/mol. The van der Waals surface area contributed by atoms with Crippen molar-refractivity contribution in [3.8, 4) is 45.3 Å². The van der Waals surface area contributed by atoms with Crippen LogP contribution in [-0.4, -0.2) is 15.0 Å². The Morgan fingerprint density at radius 1 is 0.341 bits per heavy atom. The van der Waals surface area contributed by atoms with E-state index in [2.05, 4.69) is 36.4 Å². The zero-order valence-electron chi connectivity index (χ0n) is 23.4. The molecule has 44 heavy (non-hydrogen) atoms. The van der Waals surface area contributed by atoms with Gasteiger partial charge in [-0.25, -0.2) is 15.0 Å². The molecule has 6 aromatic carbocycles. The van der Waals surface area contributed by atoms with E-state index in [9.17, 15) is 0 Å². The van der Waals surface area contributed by atoms with Gasteiger partial charge in [0.25, 0.3) is 0 Å². The summed E-state index contributed by atoms with van der Waals surface area (Å²) in [6, 6.07) is 47.0. The number of hydrogen-bond donors (Lipinski definition) is 0. The Hall–Kier alpha value is -6.07. The predicted molar refractivity (Wildman–Crippen MR) is 176 cm³/mol. The minimum Gasteiger partial charge on any atom is -0.456 e. The molecule has 0 amide bonds. The summed E-state index contributed by atoms with van der Waals surface area (Å²) in [5.41, 5.74) is 8.36. The lowest BCUT2D eigenvalue weighted by Gasteiger charge is -2.09. The molecule has 0 aliphatic rings. The fourth-order valence-electron chi connectivity index (χ4n) is 6.04. The van der Waals surface area contributed by atoms with Crippen molar-refractivity contribution in [3.63, 3.8) is 0 Å². The molecule has 0 N–H and O–H groups in total. The van der Waals surface area contributed by atoms with Gasteiger partial charge in [0, 0.05) is 38.2 Å². The van der Waals surface area contributed by atoms with E-state index in [0.717, 1.165) is 71.7 Å². The monoisotopic (exact) mass is 565 g/mol. The van der Waals surface area contributed by atoms with Crippen molar-refractivity contribution in [1.82, 2.24) is 15.0 Å². The fourth-order valence-corrected chi connectivity index (χ4v) is 6.04. The van der Waals surface area contributed by atoms with Crippen LogP contribution < -0.4 is 0 Å². The van der Waals surface area contributed by atoms with E-state index >= 15 is 0 Å². The van der Waals surface area contributed by atoms with Crippen LogP contribution in [-0.2, 0) is 0 Å². The second-order valence-corrected chi connectivity index (χ2v) is 10.8. The van der Waals surface area contributed by atoms with Crippen LogP contribution in [0.4, 0.5) is 0 Å². The quantitative estimate of drug-likeness (QED) is 0.212. The highest BCUT2D eigenvalue weighted by molar-refractivity contribution is 6.14. The normalized spacial score (nSPS) is 11.6. The molecule has 0 spiro atoms. The number of aromatic nitrogens is 3. The van der Waals surface area contributed by atoms with Crippen LogP contribution in [0.2, 0.25) is 0 Å². The Labute approximate surface area is 252 Å². The van der Waals surface area contributed by atoms with Crippen molar-refractivity contribution in [1.29, 1.82) is 0 Å². The first-order valence-electron chi connectivity index (χ1n) is 14.5. The van der Waals surface area contributed by atoms with Crippen LogP contribution in [0, 0.1) is 0 Å². The van der Waals surface area contributed by atoms with Crippen molar-refractivity contribution in [2.75, 3.05) is 0 Å². The number of furan rings is 2. The lowest BCUT2D eigenvalue weighted by atomic mass is 9.97. The SMILES string of the molecule is c1ccc(-c2nc(-c3ccccc3)nc(-c3ccc4oc5cccc(-c6ccc7oc8ccccc8c7c6)c5c4c3)n2)cc1. The van der Waals surface area contributed by atoms with E-state index < -0.39 is 0 Å². The van der Waals surface area contributed by atoms with E-state index in [1.54, 1.807) is 0 Å². The van der Waals surface area contributed by atoms with E-state index in [1.807, 2.05) is 103 Å². The van der Waals surface area contributed by atoms with Gasteiger partial charge in [-0.1, -0.05) is 97.1 Å². The average molecular weight is 566 g/mol. The lowest BCUT2D eigenvalue weighted by Crippen LogP contribution is -2.00. The van der Waals surface area contributed by atoms with Crippen LogP contribution in [0.15, 0.2) is 148 Å². The molecule has 0 aliphatic heterocycles. The first-order chi connectivity index (χ1) is 21.8. The molecule has 0 radical (unpaired) electrons. The maximum Gasteiger partial charge on any atom is 0.164 e. The van der Waals surface area contributed by atoms with Crippen LogP contribution >= 0.6 is 0 Å². The van der Waals surface area contributed by atoms with E-state index in [4.69, 9.17) is 23.8 Å². The van der Waals surface area contributed by atoms with E-state index in [0.29, 0.717) is 17.5 Å². The van der Waals surface area contributed by atoms with Crippen LogP contribution in [0.5, 0.6) is 0 Å². The third-order valence-corrected chi connectivity index (χ3v) is 8.14. The van der Waals surface area contributed by atoms with Crippen molar-refractivity contribution in [3.05, 3.63) is 140 Å². The molecule has 0 bridgehead atoms. The number of fused-ring (bicyclic) bond motifs is 6. The zero-order valence-corrected chi connectivity index (χ0v) is 23.4. The van der Waals surface area contributed by atoms with Crippen molar-refractivity contribution < 1.29 is 8.83 Å². The molecule has 3 aromatic heterocycles. The Kier molecular flexibility index (Phi) is 5.43. The summed E-state index contributed by atoms with van der Waals surface area (Å²) in [5, 5.41) is 4.26. The van der Waals surface area contributed by atoms with E-state index in [-0.39, 0.29) is 0 Å². The zero-order chi connectivity index (χ0) is 29.0. The minimum absolute atomic E-state index is 0.609. The molecule has 9 aromatic rings. The average Bonchev–Trinajstić information content (AvgIpc) is 3.66. The van der Waals surface area contributed by atoms with Gasteiger partial charge >= 0.3 is 0 Å². The number of hydrogen-bond acceptors (Lipinski definition) is 5. The van der Waals surface area contributed by atoms with Crippen LogP contribution in [0.1, 0.15) is 0 Å². The largest absolute Gasteiger partial charge is 0.456 e. The van der Waals surface area contributed by atoms with Crippen molar-refractivity contribution in [2.24, 2.45) is 0 Å². The summed E-state index contributed by atoms with van der Waals surface area (Å²) >= 11 is 0. The second-order valence-electron chi connectivity index (χ2n) is 10.8. The molecule has 9 rings (SSSR count). The molecule has 3 heterocycles. The number of benzene rings is 6. The summed E-state index contributed by atoms with van der Waals surface area (Å²) in [5.74, 6) is 1.87.